The van der Waals surface area contributed by atoms with E-state index in [1.807, 2.05) is 0 Å². The number of carbonyl (C=O) groups is 2. The van der Waals surface area contributed by atoms with Gasteiger partial charge in [-0.1, -0.05) is 19.3 Å². The lowest BCUT2D eigenvalue weighted by Crippen LogP contribution is -2.36. The van der Waals surface area contributed by atoms with Crippen LogP contribution in [-0.4, -0.2) is 29.1 Å². The van der Waals surface area contributed by atoms with Crippen LogP contribution in [0.3, 0.4) is 0 Å². The zero-order valence-corrected chi connectivity index (χ0v) is 13.3. The van der Waals surface area contributed by atoms with E-state index in [1.54, 1.807) is 30.7 Å². The highest BCUT2D eigenvalue weighted by Gasteiger charge is 2.15. The molecule has 2 amide bonds. The highest BCUT2D eigenvalue weighted by molar-refractivity contribution is 5.82. The van der Waals surface area contributed by atoms with Crippen molar-refractivity contribution in [2.75, 3.05) is 0 Å². The smallest absolute Gasteiger partial charge is 0.240 e. The zero-order chi connectivity index (χ0) is 16.3. The number of hydrogen-bond donors (Lipinski definition) is 2. The molecule has 1 heterocycles. The van der Waals surface area contributed by atoms with Crippen LogP contribution in [0.5, 0.6) is 0 Å². The summed E-state index contributed by atoms with van der Waals surface area (Å²) in [6.07, 6.45) is 11.9. The predicted octanol–water partition coefficient (Wildman–Crippen LogP) is 2.15. The second-order valence-corrected chi connectivity index (χ2v) is 5.83. The van der Waals surface area contributed by atoms with E-state index in [1.165, 1.54) is 19.3 Å². The van der Waals surface area contributed by atoms with E-state index in [2.05, 4.69) is 20.8 Å². The van der Waals surface area contributed by atoms with Gasteiger partial charge < -0.3 is 5.32 Å². The number of rotatable bonds is 7. The number of pyridine rings is 1. The molecular formula is C17H24N4O2. The van der Waals surface area contributed by atoms with Gasteiger partial charge >= 0.3 is 0 Å². The summed E-state index contributed by atoms with van der Waals surface area (Å²) in [6, 6.07) is 3.92. The third kappa shape index (κ3) is 7.04. The number of hydrazone groups is 1. The molecule has 0 spiro atoms. The van der Waals surface area contributed by atoms with Gasteiger partial charge in [0.25, 0.3) is 0 Å². The van der Waals surface area contributed by atoms with Crippen LogP contribution in [0.15, 0.2) is 29.6 Å². The van der Waals surface area contributed by atoms with Gasteiger partial charge in [-0.25, -0.2) is 5.43 Å². The maximum absolute atomic E-state index is 11.8. The van der Waals surface area contributed by atoms with Gasteiger partial charge in [0, 0.05) is 31.3 Å². The van der Waals surface area contributed by atoms with Crippen LogP contribution in [0.1, 0.15) is 56.9 Å². The maximum Gasteiger partial charge on any atom is 0.240 e. The van der Waals surface area contributed by atoms with Gasteiger partial charge in [-0.05, 0) is 37.0 Å². The van der Waals surface area contributed by atoms with Crippen LogP contribution in [0, 0.1) is 0 Å². The van der Waals surface area contributed by atoms with E-state index in [9.17, 15) is 9.59 Å². The molecule has 0 bridgehead atoms. The first-order chi connectivity index (χ1) is 11.2. The Kier molecular flexibility index (Phi) is 7.23. The van der Waals surface area contributed by atoms with Crippen molar-refractivity contribution in [3.05, 3.63) is 30.1 Å². The van der Waals surface area contributed by atoms with Crippen LogP contribution in [-0.2, 0) is 9.59 Å². The monoisotopic (exact) mass is 316 g/mol. The molecule has 6 nitrogen and oxygen atoms in total. The van der Waals surface area contributed by atoms with Gasteiger partial charge in [0.1, 0.15) is 0 Å². The molecule has 124 valence electrons. The summed E-state index contributed by atoms with van der Waals surface area (Å²) in [5.74, 6) is -0.134. The Morgan fingerprint density at radius 2 is 1.83 bits per heavy atom. The lowest BCUT2D eigenvalue weighted by molar-refractivity contribution is -0.122. The molecule has 1 aromatic rings. The Hall–Kier alpha value is -2.24. The van der Waals surface area contributed by atoms with Crippen molar-refractivity contribution < 1.29 is 9.59 Å². The molecule has 1 aromatic heterocycles. The van der Waals surface area contributed by atoms with E-state index >= 15 is 0 Å². The first-order valence-electron chi connectivity index (χ1n) is 8.25. The topological polar surface area (TPSA) is 83.5 Å². The van der Waals surface area contributed by atoms with Crippen molar-refractivity contribution in [1.29, 1.82) is 0 Å². The van der Waals surface area contributed by atoms with Gasteiger partial charge in [0.15, 0.2) is 0 Å². The Labute approximate surface area is 136 Å². The van der Waals surface area contributed by atoms with Crippen LogP contribution in [0.4, 0.5) is 0 Å². The number of carbonyl (C=O) groups excluding carboxylic acids is 2. The molecule has 1 fully saturated rings. The van der Waals surface area contributed by atoms with Crippen molar-refractivity contribution in [2.45, 2.75) is 57.4 Å². The molecule has 2 rings (SSSR count). The van der Waals surface area contributed by atoms with E-state index in [0.29, 0.717) is 25.3 Å². The highest BCUT2D eigenvalue weighted by atomic mass is 16.2. The molecule has 2 N–H and O–H groups in total. The van der Waals surface area contributed by atoms with Crippen molar-refractivity contribution in [3.8, 4) is 0 Å². The second kappa shape index (κ2) is 9.71. The number of aromatic nitrogens is 1. The lowest BCUT2D eigenvalue weighted by Gasteiger charge is -2.22. The van der Waals surface area contributed by atoms with Crippen molar-refractivity contribution in [2.24, 2.45) is 5.10 Å². The number of hydrogen-bond acceptors (Lipinski definition) is 4. The van der Waals surface area contributed by atoms with Gasteiger partial charge in [-0.2, -0.15) is 5.10 Å². The first-order valence-corrected chi connectivity index (χ1v) is 8.25. The molecule has 1 saturated carbocycles. The highest BCUT2D eigenvalue weighted by Crippen LogP contribution is 2.17. The van der Waals surface area contributed by atoms with Crippen LogP contribution >= 0.6 is 0 Å². The summed E-state index contributed by atoms with van der Waals surface area (Å²) in [4.78, 5) is 27.3. The third-order valence-corrected chi connectivity index (χ3v) is 3.89. The molecule has 0 unspecified atom stereocenters. The number of amides is 2. The minimum Gasteiger partial charge on any atom is -0.353 e. The average Bonchev–Trinajstić information content (AvgIpc) is 2.57. The third-order valence-electron chi connectivity index (χ3n) is 3.89. The molecule has 0 saturated heterocycles. The Morgan fingerprint density at radius 3 is 2.57 bits per heavy atom. The van der Waals surface area contributed by atoms with Crippen LogP contribution in [0.2, 0.25) is 0 Å². The summed E-state index contributed by atoms with van der Waals surface area (Å²) in [5.41, 5.74) is 3.33. The number of nitrogens with zero attached hydrogens (tertiary/aromatic N) is 2. The fourth-order valence-corrected chi connectivity index (χ4v) is 2.64. The summed E-state index contributed by atoms with van der Waals surface area (Å²) in [7, 11) is 0. The Morgan fingerprint density at radius 1 is 1.13 bits per heavy atom. The molecular weight excluding hydrogens is 292 g/mol. The van der Waals surface area contributed by atoms with Crippen molar-refractivity contribution in [1.82, 2.24) is 15.7 Å². The van der Waals surface area contributed by atoms with E-state index in [-0.39, 0.29) is 11.8 Å². The minimum absolute atomic E-state index is 0.0463. The normalized spacial score (nSPS) is 15.5. The Bertz CT molecular complexity index is 525. The molecule has 0 atom stereocenters. The second-order valence-electron chi connectivity index (χ2n) is 5.83. The fraction of sp³-hybridized carbons (Fsp3) is 0.529. The molecule has 23 heavy (non-hydrogen) atoms. The van der Waals surface area contributed by atoms with E-state index in [0.717, 1.165) is 18.4 Å². The predicted molar refractivity (Wildman–Crippen MR) is 88.8 cm³/mol. The van der Waals surface area contributed by atoms with Crippen molar-refractivity contribution in [3.63, 3.8) is 0 Å². The van der Waals surface area contributed by atoms with E-state index in [4.69, 9.17) is 0 Å². The molecule has 0 aromatic carbocycles. The average molecular weight is 316 g/mol. The summed E-state index contributed by atoms with van der Waals surface area (Å²) >= 11 is 0. The van der Waals surface area contributed by atoms with Crippen LogP contribution < -0.4 is 10.7 Å². The lowest BCUT2D eigenvalue weighted by atomic mass is 9.95. The quantitative estimate of drug-likeness (QED) is 0.597. The molecule has 0 aliphatic heterocycles. The van der Waals surface area contributed by atoms with Gasteiger partial charge in [-0.15, -0.1) is 0 Å². The van der Waals surface area contributed by atoms with Crippen molar-refractivity contribution >= 4 is 18.0 Å². The molecule has 0 radical (unpaired) electrons. The fourth-order valence-electron chi connectivity index (χ4n) is 2.64. The minimum atomic E-state index is -0.180. The standard InChI is InChI=1S/C17H24N4O2/c22-16(20-15-5-2-1-3-6-15)7-4-8-17(23)21-19-13-14-9-11-18-12-10-14/h9-13,15H,1-8H2,(H,20,22)(H,21,23). The SMILES string of the molecule is O=C(CCCC(=O)NC1CCCCC1)NN=Cc1ccncc1. The van der Waals surface area contributed by atoms with Gasteiger partial charge in [-0.3, -0.25) is 14.6 Å². The van der Waals surface area contributed by atoms with Gasteiger partial charge in [0.2, 0.25) is 11.8 Å². The maximum atomic E-state index is 11.8. The summed E-state index contributed by atoms with van der Waals surface area (Å²) < 4.78 is 0. The molecule has 1 aliphatic rings. The molecule has 6 heteroatoms. The van der Waals surface area contributed by atoms with Crippen LogP contribution in [0.25, 0.3) is 0 Å². The van der Waals surface area contributed by atoms with E-state index < -0.39 is 0 Å². The first kappa shape index (κ1) is 17.1. The largest absolute Gasteiger partial charge is 0.353 e. The summed E-state index contributed by atoms with van der Waals surface area (Å²) in [6.45, 7) is 0. The molecule has 1 aliphatic carbocycles. The van der Waals surface area contributed by atoms with Gasteiger partial charge in [0.05, 0.1) is 6.21 Å². The Balaban J connectivity index is 1.57. The number of nitrogens with one attached hydrogen (secondary N) is 2. The zero-order valence-electron chi connectivity index (χ0n) is 13.3. The summed E-state index contributed by atoms with van der Waals surface area (Å²) in [5, 5.41) is 6.93.